The Labute approximate surface area is 102 Å². The molecule has 4 nitrogen and oxygen atoms in total. The first-order valence-electron chi connectivity index (χ1n) is 5.67. The number of nitrogens with zero attached hydrogens (tertiary/aromatic N) is 1. The Hall–Kier alpha value is -1.20. The minimum absolute atomic E-state index is 0.0570. The Morgan fingerprint density at radius 2 is 2.00 bits per heavy atom. The predicted molar refractivity (Wildman–Crippen MR) is 67.6 cm³/mol. The largest absolute Gasteiger partial charge is 0.327 e. The van der Waals surface area contributed by atoms with E-state index in [2.05, 4.69) is 4.40 Å². The molecule has 0 saturated heterocycles. The number of hydrogen-bond donors (Lipinski definition) is 1. The van der Waals surface area contributed by atoms with Crippen LogP contribution in [-0.4, -0.2) is 20.2 Å². The number of sulfonamides is 1. The average Bonchev–Trinajstić information content (AvgIpc) is 2.60. The third-order valence-corrected chi connectivity index (χ3v) is 4.55. The van der Waals surface area contributed by atoms with Gasteiger partial charge in [-0.3, -0.25) is 0 Å². The summed E-state index contributed by atoms with van der Waals surface area (Å²) in [7, 11) is -3.51. The van der Waals surface area contributed by atoms with Crippen molar-refractivity contribution in [3.05, 3.63) is 29.8 Å². The molecule has 1 aliphatic heterocycles. The highest BCUT2D eigenvalue weighted by atomic mass is 32.2. The van der Waals surface area contributed by atoms with E-state index in [4.69, 9.17) is 5.73 Å². The predicted octanol–water partition coefficient (Wildman–Crippen LogP) is 1.55. The van der Waals surface area contributed by atoms with Crippen LogP contribution >= 0.6 is 0 Å². The molecule has 2 unspecified atom stereocenters. The highest BCUT2D eigenvalue weighted by Crippen LogP contribution is 2.29. The molecule has 17 heavy (non-hydrogen) atoms. The number of fused-ring (bicyclic) bond motifs is 1. The summed E-state index contributed by atoms with van der Waals surface area (Å²) < 4.78 is 27.6. The summed E-state index contributed by atoms with van der Waals surface area (Å²) in [6.07, 6.45) is 0.794. The molecule has 1 heterocycles. The second-order valence-electron chi connectivity index (χ2n) is 4.31. The van der Waals surface area contributed by atoms with Gasteiger partial charge in [-0.25, -0.2) is 0 Å². The zero-order valence-corrected chi connectivity index (χ0v) is 10.7. The molecule has 0 bridgehead atoms. The molecule has 2 rings (SSSR count). The number of hydrogen-bond acceptors (Lipinski definition) is 3. The minimum atomic E-state index is -3.51. The van der Waals surface area contributed by atoms with Crippen LogP contribution in [0.2, 0.25) is 0 Å². The topological polar surface area (TPSA) is 72.5 Å². The van der Waals surface area contributed by atoms with E-state index in [-0.39, 0.29) is 12.0 Å². The van der Waals surface area contributed by atoms with Gasteiger partial charge in [0.05, 0.1) is 10.6 Å². The van der Waals surface area contributed by atoms with Crippen LogP contribution in [0.1, 0.15) is 25.8 Å². The van der Waals surface area contributed by atoms with Crippen molar-refractivity contribution in [3.8, 4) is 0 Å². The third kappa shape index (κ3) is 2.00. The first-order chi connectivity index (χ1) is 7.97. The second kappa shape index (κ2) is 4.23. The maximum atomic E-state index is 11.9. The molecule has 0 spiro atoms. The zero-order valence-electron chi connectivity index (χ0n) is 9.92. The number of benzene rings is 1. The Morgan fingerprint density at radius 3 is 2.65 bits per heavy atom. The molecule has 0 radical (unpaired) electrons. The molecule has 92 valence electrons. The van der Waals surface area contributed by atoms with Gasteiger partial charge in [-0.15, -0.1) is 0 Å². The molecular weight excluding hydrogens is 236 g/mol. The van der Waals surface area contributed by atoms with Crippen molar-refractivity contribution in [3.63, 3.8) is 0 Å². The maximum absolute atomic E-state index is 11.9. The first-order valence-corrected chi connectivity index (χ1v) is 7.11. The van der Waals surface area contributed by atoms with Crippen molar-refractivity contribution in [2.24, 2.45) is 16.0 Å². The summed E-state index contributed by atoms with van der Waals surface area (Å²) in [5.74, 6) is -0.0570. The average molecular weight is 252 g/mol. The molecule has 2 N–H and O–H groups in total. The van der Waals surface area contributed by atoms with Crippen molar-refractivity contribution in [2.45, 2.75) is 31.2 Å². The quantitative estimate of drug-likeness (QED) is 0.887. The van der Waals surface area contributed by atoms with E-state index in [9.17, 15) is 8.42 Å². The van der Waals surface area contributed by atoms with Crippen LogP contribution in [0.4, 0.5) is 0 Å². The fourth-order valence-corrected chi connectivity index (χ4v) is 3.34. The van der Waals surface area contributed by atoms with Crippen LogP contribution in [0.5, 0.6) is 0 Å². The Morgan fingerprint density at radius 1 is 1.35 bits per heavy atom. The second-order valence-corrected chi connectivity index (χ2v) is 5.88. The normalized spacial score (nSPS) is 20.5. The summed E-state index contributed by atoms with van der Waals surface area (Å²) in [5.41, 5.74) is 7.26. The molecular formula is C12H16N2O2S. The van der Waals surface area contributed by atoms with Crippen molar-refractivity contribution in [2.75, 3.05) is 0 Å². The van der Waals surface area contributed by atoms with Gasteiger partial charge in [0.2, 0.25) is 0 Å². The molecule has 0 amide bonds. The van der Waals surface area contributed by atoms with Gasteiger partial charge in [0, 0.05) is 17.5 Å². The van der Waals surface area contributed by atoms with Crippen LogP contribution in [0, 0.1) is 5.92 Å². The van der Waals surface area contributed by atoms with Crippen molar-refractivity contribution >= 4 is 15.7 Å². The Balaban J connectivity index is 2.52. The lowest BCUT2D eigenvalue weighted by Gasteiger charge is -2.18. The van der Waals surface area contributed by atoms with E-state index in [0.717, 1.165) is 6.42 Å². The van der Waals surface area contributed by atoms with E-state index in [1.54, 1.807) is 18.2 Å². The molecule has 1 aromatic carbocycles. The van der Waals surface area contributed by atoms with Gasteiger partial charge in [0.1, 0.15) is 0 Å². The van der Waals surface area contributed by atoms with Gasteiger partial charge in [-0.05, 0) is 12.5 Å². The lowest BCUT2D eigenvalue weighted by Crippen LogP contribution is -2.32. The summed E-state index contributed by atoms with van der Waals surface area (Å²) in [6, 6.07) is 6.83. The Kier molecular flexibility index (Phi) is 3.05. The molecule has 5 heteroatoms. The van der Waals surface area contributed by atoms with Crippen LogP contribution in [-0.2, 0) is 10.0 Å². The summed E-state index contributed by atoms with van der Waals surface area (Å²) >= 11 is 0. The van der Waals surface area contributed by atoms with Gasteiger partial charge >= 0.3 is 0 Å². The lowest BCUT2D eigenvalue weighted by molar-refractivity contribution is 0.550. The fraction of sp³-hybridized carbons (Fsp3) is 0.417. The van der Waals surface area contributed by atoms with Gasteiger partial charge in [-0.2, -0.15) is 12.8 Å². The molecule has 0 aromatic heterocycles. The van der Waals surface area contributed by atoms with Crippen LogP contribution in [0.15, 0.2) is 33.6 Å². The Bertz CT molecular complexity index is 564. The van der Waals surface area contributed by atoms with E-state index >= 15 is 0 Å². The minimum Gasteiger partial charge on any atom is -0.327 e. The molecule has 1 aliphatic rings. The van der Waals surface area contributed by atoms with Crippen molar-refractivity contribution in [1.82, 2.24) is 0 Å². The number of nitrogens with two attached hydrogens (primary N) is 1. The highest BCUT2D eigenvalue weighted by Gasteiger charge is 2.32. The van der Waals surface area contributed by atoms with Crippen LogP contribution < -0.4 is 5.73 Å². The van der Waals surface area contributed by atoms with Gasteiger partial charge in [-0.1, -0.05) is 32.0 Å². The maximum Gasteiger partial charge on any atom is 0.283 e. The van der Waals surface area contributed by atoms with E-state index in [1.807, 2.05) is 19.9 Å². The lowest BCUT2D eigenvalue weighted by atomic mass is 9.91. The van der Waals surface area contributed by atoms with E-state index in [1.165, 1.54) is 0 Å². The molecule has 0 saturated carbocycles. The molecule has 1 aromatic rings. The summed E-state index contributed by atoms with van der Waals surface area (Å²) in [6.45, 7) is 3.90. The highest BCUT2D eigenvalue weighted by molar-refractivity contribution is 7.90. The van der Waals surface area contributed by atoms with Crippen LogP contribution in [0.25, 0.3) is 0 Å². The molecule has 2 atom stereocenters. The van der Waals surface area contributed by atoms with E-state index < -0.39 is 10.0 Å². The summed E-state index contributed by atoms with van der Waals surface area (Å²) in [5, 5.41) is 0. The van der Waals surface area contributed by atoms with Gasteiger partial charge < -0.3 is 5.73 Å². The van der Waals surface area contributed by atoms with Gasteiger partial charge in [0.15, 0.2) is 0 Å². The standard InChI is InChI=1S/C12H16N2O2S/c1-3-10(13)8(2)12-9-6-4-5-7-11(9)17(15,16)14-12/h4-8,10H,3,13H2,1-2H3. The van der Waals surface area contributed by atoms with Gasteiger partial charge in [0.25, 0.3) is 10.0 Å². The van der Waals surface area contributed by atoms with E-state index in [0.29, 0.717) is 16.2 Å². The molecule has 0 aliphatic carbocycles. The number of rotatable bonds is 3. The van der Waals surface area contributed by atoms with Crippen molar-refractivity contribution in [1.29, 1.82) is 0 Å². The monoisotopic (exact) mass is 252 g/mol. The molecule has 0 fully saturated rings. The van der Waals surface area contributed by atoms with Crippen molar-refractivity contribution < 1.29 is 8.42 Å². The fourth-order valence-electron chi connectivity index (χ4n) is 2.02. The van der Waals surface area contributed by atoms with Crippen LogP contribution in [0.3, 0.4) is 0 Å². The summed E-state index contributed by atoms with van der Waals surface area (Å²) in [4.78, 5) is 0.296. The smallest absolute Gasteiger partial charge is 0.283 e. The SMILES string of the molecule is CCC(N)C(C)C1=NS(=O)(=O)c2ccccc21. The first kappa shape index (κ1) is 12.3. The zero-order chi connectivity index (χ0) is 12.6. The third-order valence-electron chi connectivity index (χ3n) is 3.20.